The van der Waals surface area contributed by atoms with Gasteiger partial charge < -0.3 is 15.0 Å². The maximum Gasteiger partial charge on any atom is 0.279 e. The number of anilines is 1. The van der Waals surface area contributed by atoms with Crippen LogP contribution in [0.25, 0.3) is 0 Å². The Hall–Kier alpha value is -1.90. The molecule has 5 nitrogen and oxygen atoms in total. The molecule has 0 aromatic heterocycles. The van der Waals surface area contributed by atoms with E-state index in [1.165, 1.54) is 4.90 Å². The molecule has 0 unspecified atom stereocenters. The summed E-state index contributed by atoms with van der Waals surface area (Å²) < 4.78 is 5.26. The van der Waals surface area contributed by atoms with E-state index < -0.39 is 0 Å². The maximum atomic E-state index is 11.9. The van der Waals surface area contributed by atoms with Crippen LogP contribution in [0.15, 0.2) is 24.3 Å². The number of carbonyl (C=O) groups excluding carboxylic acids is 1. The molecule has 0 atom stereocenters. The fourth-order valence-corrected chi connectivity index (χ4v) is 2.07. The normalized spacial score (nSPS) is 15.7. The average Bonchev–Trinajstić information content (AvgIpc) is 2.42. The number of hydrogen-bond donors (Lipinski definition) is 2. The second kappa shape index (κ2) is 6.88. The van der Waals surface area contributed by atoms with Crippen molar-refractivity contribution in [1.82, 2.24) is 0 Å². The van der Waals surface area contributed by atoms with E-state index >= 15 is 0 Å². The molecule has 1 amide bonds. The zero-order valence-electron chi connectivity index (χ0n) is 10.8. The SMILES string of the molecule is N#CCc1ccc(NC(=O)C[NH+]2CCOCC2)cc1. The molecule has 1 saturated heterocycles. The van der Waals surface area contributed by atoms with Crippen LogP contribution in [-0.2, 0) is 16.0 Å². The number of hydrogen-bond acceptors (Lipinski definition) is 3. The third-order valence-electron chi connectivity index (χ3n) is 3.13. The van der Waals surface area contributed by atoms with Gasteiger partial charge in [-0.05, 0) is 17.7 Å². The molecule has 1 aromatic rings. The summed E-state index contributed by atoms with van der Waals surface area (Å²) in [6, 6.07) is 9.48. The molecular weight excluding hydrogens is 242 g/mol. The van der Waals surface area contributed by atoms with Crippen molar-refractivity contribution in [3.05, 3.63) is 29.8 Å². The number of nitrogens with one attached hydrogen (secondary N) is 2. The molecule has 0 aliphatic carbocycles. The van der Waals surface area contributed by atoms with Crippen molar-refractivity contribution >= 4 is 11.6 Å². The highest BCUT2D eigenvalue weighted by Gasteiger charge is 2.17. The van der Waals surface area contributed by atoms with Crippen LogP contribution in [0.4, 0.5) is 5.69 Å². The van der Waals surface area contributed by atoms with Crippen molar-refractivity contribution in [2.24, 2.45) is 0 Å². The van der Waals surface area contributed by atoms with Crippen molar-refractivity contribution < 1.29 is 14.4 Å². The molecule has 1 heterocycles. The minimum atomic E-state index is 0.0185. The molecule has 2 N–H and O–H groups in total. The molecule has 2 rings (SSSR count). The van der Waals surface area contributed by atoms with Crippen molar-refractivity contribution in [3.63, 3.8) is 0 Å². The topological polar surface area (TPSA) is 66.6 Å². The van der Waals surface area contributed by atoms with E-state index in [1.54, 1.807) is 0 Å². The molecule has 0 radical (unpaired) electrons. The monoisotopic (exact) mass is 260 g/mol. The predicted octanol–water partition coefficient (Wildman–Crippen LogP) is -0.394. The number of rotatable bonds is 4. The quantitative estimate of drug-likeness (QED) is 0.774. The van der Waals surface area contributed by atoms with E-state index in [9.17, 15) is 4.79 Å². The Labute approximate surface area is 112 Å². The summed E-state index contributed by atoms with van der Waals surface area (Å²) in [6.07, 6.45) is 0.395. The van der Waals surface area contributed by atoms with Gasteiger partial charge in [-0.25, -0.2) is 0 Å². The van der Waals surface area contributed by atoms with Gasteiger partial charge in [0.1, 0.15) is 13.1 Å². The highest BCUT2D eigenvalue weighted by Crippen LogP contribution is 2.09. The van der Waals surface area contributed by atoms with Crippen molar-refractivity contribution in [1.29, 1.82) is 5.26 Å². The van der Waals surface area contributed by atoms with Crippen molar-refractivity contribution in [3.8, 4) is 6.07 Å². The van der Waals surface area contributed by atoms with Crippen LogP contribution < -0.4 is 10.2 Å². The minimum absolute atomic E-state index is 0.0185. The van der Waals surface area contributed by atoms with Crippen LogP contribution in [0.3, 0.4) is 0 Å². The van der Waals surface area contributed by atoms with Gasteiger partial charge in [0.15, 0.2) is 6.54 Å². The highest BCUT2D eigenvalue weighted by atomic mass is 16.5. The van der Waals surface area contributed by atoms with Crippen molar-refractivity contribution in [2.45, 2.75) is 6.42 Å². The average molecular weight is 260 g/mol. The van der Waals surface area contributed by atoms with Crippen LogP contribution in [0.2, 0.25) is 0 Å². The molecular formula is C14H18N3O2+. The molecule has 0 bridgehead atoms. The Morgan fingerprint density at radius 1 is 1.32 bits per heavy atom. The Morgan fingerprint density at radius 3 is 2.63 bits per heavy atom. The fourth-order valence-electron chi connectivity index (χ4n) is 2.07. The fraction of sp³-hybridized carbons (Fsp3) is 0.429. The largest absolute Gasteiger partial charge is 0.370 e. The van der Waals surface area contributed by atoms with E-state index in [1.807, 2.05) is 24.3 Å². The Kier molecular flexibility index (Phi) is 4.90. The van der Waals surface area contributed by atoms with Gasteiger partial charge in [0.05, 0.1) is 25.7 Å². The van der Waals surface area contributed by atoms with Crippen LogP contribution >= 0.6 is 0 Å². The molecule has 0 saturated carbocycles. The number of morpholine rings is 1. The summed E-state index contributed by atoms with van der Waals surface area (Å²) in [6.45, 7) is 3.70. The molecule has 1 aliphatic heterocycles. The van der Waals surface area contributed by atoms with Crippen LogP contribution in [0.5, 0.6) is 0 Å². The van der Waals surface area contributed by atoms with Crippen LogP contribution in [0.1, 0.15) is 5.56 Å². The highest BCUT2D eigenvalue weighted by molar-refractivity contribution is 5.91. The van der Waals surface area contributed by atoms with Gasteiger partial charge in [-0.2, -0.15) is 5.26 Å². The first kappa shape index (κ1) is 13.5. The van der Waals surface area contributed by atoms with E-state index in [2.05, 4.69) is 11.4 Å². The summed E-state index contributed by atoms with van der Waals surface area (Å²) in [7, 11) is 0. The number of amides is 1. The molecule has 5 heteroatoms. The molecule has 1 fully saturated rings. The maximum absolute atomic E-state index is 11.9. The van der Waals surface area contributed by atoms with Crippen LogP contribution in [0, 0.1) is 11.3 Å². The molecule has 1 aromatic carbocycles. The molecule has 19 heavy (non-hydrogen) atoms. The standard InChI is InChI=1S/C14H17N3O2/c15-6-5-12-1-3-13(4-2-12)16-14(18)11-17-7-9-19-10-8-17/h1-4H,5,7-11H2,(H,16,18)/p+1. The van der Waals surface area contributed by atoms with Gasteiger partial charge in [0.2, 0.25) is 0 Å². The van der Waals surface area contributed by atoms with Gasteiger partial charge in [0, 0.05) is 5.69 Å². The first-order chi connectivity index (χ1) is 9.28. The Morgan fingerprint density at radius 2 is 2.00 bits per heavy atom. The lowest BCUT2D eigenvalue weighted by Crippen LogP contribution is -3.15. The van der Waals surface area contributed by atoms with Gasteiger partial charge in [0.25, 0.3) is 5.91 Å². The van der Waals surface area contributed by atoms with Gasteiger partial charge in [-0.15, -0.1) is 0 Å². The smallest absolute Gasteiger partial charge is 0.279 e. The summed E-state index contributed by atoms with van der Waals surface area (Å²) in [5.41, 5.74) is 1.73. The number of benzene rings is 1. The third-order valence-corrected chi connectivity index (χ3v) is 3.13. The van der Waals surface area contributed by atoms with E-state index in [0.717, 1.165) is 37.6 Å². The molecule has 100 valence electrons. The predicted molar refractivity (Wildman–Crippen MR) is 70.8 cm³/mol. The van der Waals surface area contributed by atoms with Gasteiger partial charge in [-0.1, -0.05) is 12.1 Å². The minimum Gasteiger partial charge on any atom is -0.370 e. The van der Waals surface area contributed by atoms with Crippen molar-refractivity contribution in [2.75, 3.05) is 38.2 Å². The van der Waals surface area contributed by atoms with Gasteiger partial charge >= 0.3 is 0 Å². The lowest BCUT2D eigenvalue weighted by atomic mass is 10.1. The Bertz CT molecular complexity index is 459. The molecule has 1 aliphatic rings. The number of nitrogens with zero attached hydrogens (tertiary/aromatic N) is 1. The van der Waals surface area contributed by atoms with E-state index in [4.69, 9.17) is 10.00 Å². The van der Waals surface area contributed by atoms with Gasteiger partial charge in [-0.3, -0.25) is 4.79 Å². The zero-order chi connectivity index (χ0) is 13.5. The first-order valence-corrected chi connectivity index (χ1v) is 6.45. The number of carbonyl (C=O) groups is 1. The Balaban J connectivity index is 1.82. The van der Waals surface area contributed by atoms with Crippen LogP contribution in [-0.4, -0.2) is 38.8 Å². The van der Waals surface area contributed by atoms with E-state index in [-0.39, 0.29) is 5.91 Å². The summed E-state index contributed by atoms with van der Waals surface area (Å²) >= 11 is 0. The molecule has 0 spiro atoms. The lowest BCUT2D eigenvalue weighted by molar-refractivity contribution is -0.899. The van der Waals surface area contributed by atoms with E-state index in [0.29, 0.717) is 13.0 Å². The summed E-state index contributed by atoms with van der Waals surface area (Å²) in [5, 5.41) is 11.5. The number of nitriles is 1. The third kappa shape index (κ3) is 4.36. The second-order valence-electron chi connectivity index (χ2n) is 4.62. The first-order valence-electron chi connectivity index (χ1n) is 6.45. The number of ether oxygens (including phenoxy) is 1. The number of quaternary nitrogens is 1. The lowest BCUT2D eigenvalue weighted by Gasteiger charge is -2.23. The zero-order valence-corrected chi connectivity index (χ0v) is 10.8. The second-order valence-corrected chi connectivity index (χ2v) is 4.62. The summed E-state index contributed by atoms with van der Waals surface area (Å²) in [5.74, 6) is 0.0185. The summed E-state index contributed by atoms with van der Waals surface area (Å²) in [4.78, 5) is 13.1.